The molecular weight excluding hydrogens is 859 g/mol. The summed E-state index contributed by atoms with van der Waals surface area (Å²) in [5.41, 5.74) is 8.18. The summed E-state index contributed by atoms with van der Waals surface area (Å²) in [6.07, 6.45) is 15.1. The predicted molar refractivity (Wildman–Crippen MR) is 256 cm³/mol. The SMILES string of the molecule is Cn1nc(N2CCC(=O)NC2=O)c2ccc(C3CCN(CC(=O)N4CCC(n5cc(-c6cc(-c7ccc(N8CCN(Cc9ccccn9)CC8)nc7)c7c(C#N)cnn7c6)cn5)CC4)CC3)cc21. The first-order valence-corrected chi connectivity index (χ1v) is 23.6. The molecule has 4 amide bonds. The number of imide groups is 1. The second-order valence-electron chi connectivity index (χ2n) is 18.4. The van der Waals surface area contributed by atoms with E-state index in [1.807, 2.05) is 59.6 Å². The number of nitriles is 1. The van der Waals surface area contributed by atoms with E-state index in [4.69, 9.17) is 10.1 Å². The molecule has 6 aromatic heterocycles. The maximum Gasteiger partial charge on any atom is 0.329 e. The van der Waals surface area contributed by atoms with Gasteiger partial charge in [-0.3, -0.25) is 44.0 Å². The Kier molecular flexibility index (Phi) is 11.6. The summed E-state index contributed by atoms with van der Waals surface area (Å²) in [5.74, 6) is 1.77. The van der Waals surface area contributed by atoms with Crippen molar-refractivity contribution in [3.63, 3.8) is 0 Å². The van der Waals surface area contributed by atoms with E-state index in [0.29, 0.717) is 43.5 Å². The van der Waals surface area contributed by atoms with Crippen LogP contribution in [0.15, 0.2) is 91.8 Å². The number of amides is 4. The van der Waals surface area contributed by atoms with Gasteiger partial charge in [-0.15, -0.1) is 0 Å². The number of piperidine rings is 2. The fourth-order valence-corrected chi connectivity index (χ4v) is 10.4. The van der Waals surface area contributed by atoms with Gasteiger partial charge in [0.25, 0.3) is 0 Å². The summed E-state index contributed by atoms with van der Waals surface area (Å²) in [6, 6.07) is 20.7. The van der Waals surface area contributed by atoms with E-state index in [1.165, 1.54) is 10.5 Å². The van der Waals surface area contributed by atoms with Crippen molar-refractivity contribution in [3.8, 4) is 28.3 Å². The number of piperazine rings is 1. The average molecular weight is 912 g/mol. The van der Waals surface area contributed by atoms with E-state index in [0.717, 1.165) is 122 Å². The highest BCUT2D eigenvalue weighted by Gasteiger charge is 2.31. The van der Waals surface area contributed by atoms with E-state index in [9.17, 15) is 19.6 Å². The van der Waals surface area contributed by atoms with Gasteiger partial charge in [-0.1, -0.05) is 12.1 Å². The van der Waals surface area contributed by atoms with Crippen molar-refractivity contribution < 1.29 is 14.4 Å². The number of fused-ring (bicyclic) bond motifs is 2. The maximum absolute atomic E-state index is 13.6. The van der Waals surface area contributed by atoms with Crippen LogP contribution in [0.5, 0.6) is 0 Å². The fourth-order valence-electron chi connectivity index (χ4n) is 10.4. The molecule has 4 aliphatic rings. The Hall–Kier alpha value is -7.49. The van der Waals surface area contributed by atoms with Gasteiger partial charge in [-0.25, -0.2) is 14.3 Å². The third-order valence-corrected chi connectivity index (χ3v) is 14.3. The van der Waals surface area contributed by atoms with E-state index in [1.54, 1.807) is 15.4 Å². The standard InChI is InChI=1S/C50H53N15O3/c1-58-44-25-35(5-7-42(44)49(57-58)63-19-13-46(66)56-50(63)68)34-9-15-59(16-10-34)33-47(67)62-17-11-41(12-18-62)64-31-39(29-54-64)37-24-43(48-38(26-51)28-55-65(48)30-37)36-6-8-45(53-27-36)61-22-20-60(21-23-61)32-40-4-2-3-14-52-40/h2-8,14,24-25,27-31,34,41H,9-13,15-23,32-33H2,1H3,(H,56,66,68). The van der Waals surface area contributed by atoms with Crippen LogP contribution in [0, 0.1) is 11.3 Å². The molecule has 0 radical (unpaired) electrons. The number of hydrogen-bond donors (Lipinski definition) is 1. The van der Waals surface area contributed by atoms with E-state index in [2.05, 4.69) is 83.9 Å². The van der Waals surface area contributed by atoms with Gasteiger partial charge >= 0.3 is 6.03 Å². The first-order chi connectivity index (χ1) is 33.2. The van der Waals surface area contributed by atoms with Gasteiger partial charge in [0, 0.05) is 118 Å². The maximum atomic E-state index is 13.6. The molecule has 0 spiro atoms. The van der Waals surface area contributed by atoms with E-state index >= 15 is 0 Å². The summed E-state index contributed by atoms with van der Waals surface area (Å²) in [6.45, 7) is 8.25. The lowest BCUT2D eigenvalue weighted by molar-refractivity contribution is -0.134. The Morgan fingerprint density at radius 1 is 0.809 bits per heavy atom. The number of aryl methyl sites for hydroxylation is 1. The van der Waals surface area contributed by atoms with Crippen LogP contribution in [0.1, 0.15) is 60.9 Å². The van der Waals surface area contributed by atoms with Crippen LogP contribution in [0.4, 0.5) is 16.4 Å². The number of aromatic nitrogens is 8. The summed E-state index contributed by atoms with van der Waals surface area (Å²) >= 11 is 0. The normalized spacial score (nSPS) is 18.1. The lowest BCUT2D eigenvalue weighted by atomic mass is 9.89. The molecule has 346 valence electrons. The summed E-state index contributed by atoms with van der Waals surface area (Å²) < 4.78 is 5.62. The molecule has 4 aliphatic heterocycles. The molecule has 0 aliphatic carbocycles. The Labute approximate surface area is 393 Å². The fraction of sp³-hybridized carbons (Fsp3) is 0.380. The van der Waals surface area contributed by atoms with Crippen molar-refractivity contribution >= 4 is 45.9 Å². The molecule has 0 saturated carbocycles. The Bertz CT molecular complexity index is 3040. The topological polar surface area (TPSA) is 182 Å². The number of carbonyl (C=O) groups is 3. The third-order valence-electron chi connectivity index (χ3n) is 14.3. The van der Waals surface area contributed by atoms with Gasteiger partial charge in [-0.05, 0) is 92.7 Å². The highest BCUT2D eigenvalue weighted by Crippen LogP contribution is 2.36. The van der Waals surface area contributed by atoms with Crippen LogP contribution in [0.2, 0.25) is 0 Å². The van der Waals surface area contributed by atoms with Gasteiger partial charge in [0.15, 0.2) is 5.82 Å². The van der Waals surface area contributed by atoms with Crippen LogP contribution in [-0.4, -0.2) is 137 Å². The summed E-state index contributed by atoms with van der Waals surface area (Å²) in [7, 11) is 1.88. The smallest absolute Gasteiger partial charge is 0.329 e. The molecular formula is C50H53N15O3. The predicted octanol–water partition coefficient (Wildman–Crippen LogP) is 5.22. The second kappa shape index (κ2) is 18.3. The van der Waals surface area contributed by atoms with Gasteiger partial charge in [0.1, 0.15) is 11.9 Å². The molecule has 18 nitrogen and oxygen atoms in total. The molecule has 4 saturated heterocycles. The average Bonchev–Trinajstić information content (AvgIpc) is 4.12. The van der Waals surface area contributed by atoms with Crippen LogP contribution in [-0.2, 0) is 23.2 Å². The van der Waals surface area contributed by atoms with E-state index in [-0.39, 0.29) is 24.3 Å². The largest absolute Gasteiger partial charge is 0.354 e. The molecule has 0 atom stereocenters. The summed E-state index contributed by atoms with van der Waals surface area (Å²) in [4.78, 5) is 57.8. The molecule has 4 fully saturated rings. The van der Waals surface area contributed by atoms with Crippen molar-refractivity contribution in [2.24, 2.45) is 7.05 Å². The molecule has 68 heavy (non-hydrogen) atoms. The Morgan fingerprint density at radius 2 is 1.65 bits per heavy atom. The summed E-state index contributed by atoms with van der Waals surface area (Å²) in [5, 5.41) is 27.3. The number of carbonyl (C=O) groups excluding carboxylic acids is 3. The van der Waals surface area contributed by atoms with Gasteiger partial charge in [0.2, 0.25) is 11.8 Å². The van der Waals surface area contributed by atoms with Gasteiger partial charge in [0.05, 0.1) is 47.3 Å². The number of rotatable bonds is 10. The van der Waals surface area contributed by atoms with Crippen LogP contribution < -0.4 is 15.1 Å². The number of nitrogens with zero attached hydrogens (tertiary/aromatic N) is 14. The molecule has 10 heterocycles. The van der Waals surface area contributed by atoms with Crippen molar-refractivity contribution in [2.45, 2.75) is 50.6 Å². The number of anilines is 2. The molecule has 7 aromatic rings. The second-order valence-corrected chi connectivity index (χ2v) is 18.4. The van der Waals surface area contributed by atoms with Crippen LogP contribution in [0.3, 0.4) is 0 Å². The highest BCUT2D eigenvalue weighted by molar-refractivity contribution is 6.08. The van der Waals surface area contributed by atoms with Gasteiger partial charge in [-0.2, -0.15) is 20.6 Å². The number of nitrogens with one attached hydrogen (secondary N) is 1. The first-order valence-electron chi connectivity index (χ1n) is 23.6. The minimum absolute atomic E-state index is 0.171. The molecule has 1 N–H and O–H groups in total. The lowest BCUT2D eigenvalue weighted by Gasteiger charge is -2.36. The number of likely N-dealkylation sites (tertiary alicyclic amines) is 2. The van der Waals surface area contributed by atoms with Crippen molar-refractivity contribution in [2.75, 3.05) is 75.2 Å². The first kappa shape index (κ1) is 43.1. The Balaban J connectivity index is 0.692. The van der Waals surface area contributed by atoms with Crippen LogP contribution in [0.25, 0.3) is 38.7 Å². The minimum Gasteiger partial charge on any atom is -0.354 e. The van der Waals surface area contributed by atoms with E-state index < -0.39 is 6.03 Å². The zero-order valence-corrected chi connectivity index (χ0v) is 38.1. The number of pyridine rings is 3. The molecule has 11 rings (SSSR count). The quantitative estimate of drug-likeness (QED) is 0.189. The van der Waals surface area contributed by atoms with Gasteiger partial charge < -0.3 is 9.80 Å². The zero-order valence-electron chi connectivity index (χ0n) is 38.1. The minimum atomic E-state index is -0.439. The number of urea groups is 1. The van der Waals surface area contributed by atoms with Crippen molar-refractivity contribution in [1.29, 1.82) is 5.26 Å². The zero-order chi connectivity index (χ0) is 46.3. The molecule has 18 heteroatoms. The third kappa shape index (κ3) is 8.54. The van der Waals surface area contributed by atoms with Crippen molar-refractivity contribution in [3.05, 3.63) is 109 Å². The molecule has 1 aromatic carbocycles. The highest BCUT2D eigenvalue weighted by atomic mass is 16.2. The Morgan fingerprint density at radius 3 is 2.40 bits per heavy atom. The van der Waals surface area contributed by atoms with Crippen molar-refractivity contribution in [1.82, 2.24) is 59.2 Å². The molecule has 0 unspecified atom stereocenters. The number of hydrogen-bond acceptors (Lipinski definition) is 12. The monoisotopic (exact) mass is 911 g/mol. The lowest BCUT2D eigenvalue weighted by Crippen LogP contribution is -2.49. The molecule has 0 bridgehead atoms. The van der Waals surface area contributed by atoms with Crippen LogP contribution >= 0.6 is 0 Å². The number of benzene rings is 1.